The van der Waals surface area contributed by atoms with Crippen LogP contribution in [0.2, 0.25) is 0 Å². The third-order valence-corrected chi connectivity index (χ3v) is 5.23. The van der Waals surface area contributed by atoms with Gasteiger partial charge in [-0.2, -0.15) is 11.3 Å². The summed E-state index contributed by atoms with van der Waals surface area (Å²) in [6, 6.07) is 5.82. The molecule has 3 heterocycles. The van der Waals surface area contributed by atoms with Gasteiger partial charge in [0.1, 0.15) is 5.82 Å². The molecule has 8 heteroatoms. The zero-order valence-corrected chi connectivity index (χ0v) is 16.3. The molecule has 2 N–H and O–H groups in total. The van der Waals surface area contributed by atoms with Crippen LogP contribution in [-0.4, -0.2) is 48.4 Å². The lowest BCUT2D eigenvalue weighted by Gasteiger charge is -2.27. The zero-order valence-electron chi connectivity index (χ0n) is 15.5. The number of nitrogens with two attached hydrogens (primary N) is 1. The Morgan fingerprint density at radius 1 is 1.33 bits per heavy atom. The first-order valence-electron chi connectivity index (χ1n) is 9.05. The number of amides is 1. The molecule has 0 bridgehead atoms. The quantitative estimate of drug-likeness (QED) is 0.448. The highest BCUT2D eigenvalue weighted by Crippen LogP contribution is 2.17. The summed E-state index contributed by atoms with van der Waals surface area (Å²) in [5.41, 5.74) is 7.72. The summed E-state index contributed by atoms with van der Waals surface area (Å²) in [6.45, 7) is 2.48. The van der Waals surface area contributed by atoms with Gasteiger partial charge in [0, 0.05) is 38.4 Å². The van der Waals surface area contributed by atoms with Gasteiger partial charge in [0.25, 0.3) is 5.91 Å². The van der Waals surface area contributed by atoms with Gasteiger partial charge in [-0.3, -0.25) is 4.79 Å². The monoisotopic (exact) mass is 387 g/mol. The van der Waals surface area contributed by atoms with Crippen molar-refractivity contribution in [2.45, 2.75) is 25.8 Å². The maximum atomic E-state index is 12.1. The molecule has 27 heavy (non-hydrogen) atoms. The number of hydrogen-bond acceptors (Lipinski definition) is 6. The number of amidine groups is 1. The molecule has 3 rings (SSSR count). The van der Waals surface area contributed by atoms with Crippen molar-refractivity contribution in [1.82, 2.24) is 9.88 Å². The Hall–Kier alpha value is -2.61. The predicted molar refractivity (Wildman–Crippen MR) is 108 cm³/mol. The number of likely N-dealkylation sites (N-methyl/N-ethyl adjacent to an activating group) is 1. The Morgan fingerprint density at radius 2 is 2.15 bits per heavy atom. The average molecular weight is 388 g/mol. The average Bonchev–Trinajstić information content (AvgIpc) is 3.21. The van der Waals surface area contributed by atoms with E-state index in [1.165, 1.54) is 19.3 Å². The summed E-state index contributed by atoms with van der Waals surface area (Å²) in [4.78, 5) is 25.6. The Bertz CT molecular complexity index is 755. The number of aromatic nitrogens is 1. The van der Waals surface area contributed by atoms with E-state index in [1.807, 2.05) is 29.0 Å². The number of pyridine rings is 1. The molecule has 1 fully saturated rings. The topological polar surface area (TPSA) is 84.0 Å². The van der Waals surface area contributed by atoms with E-state index in [0.717, 1.165) is 24.5 Å². The molecule has 2 aromatic heterocycles. The molecule has 2 aromatic rings. The second-order valence-corrected chi connectivity index (χ2v) is 7.36. The van der Waals surface area contributed by atoms with Gasteiger partial charge in [0.15, 0.2) is 12.4 Å². The summed E-state index contributed by atoms with van der Waals surface area (Å²) in [7, 11) is 1.74. The van der Waals surface area contributed by atoms with E-state index in [2.05, 4.69) is 15.0 Å². The number of carbonyl (C=O) groups is 1. The van der Waals surface area contributed by atoms with Gasteiger partial charge in [0.05, 0.1) is 0 Å². The van der Waals surface area contributed by atoms with Crippen LogP contribution in [0, 0.1) is 0 Å². The first-order chi connectivity index (χ1) is 13.1. The maximum absolute atomic E-state index is 12.1. The van der Waals surface area contributed by atoms with Gasteiger partial charge in [0.2, 0.25) is 0 Å². The van der Waals surface area contributed by atoms with Gasteiger partial charge in [-0.15, -0.1) is 0 Å². The predicted octanol–water partition coefficient (Wildman–Crippen LogP) is 2.43. The highest BCUT2D eigenvalue weighted by atomic mass is 32.1. The lowest BCUT2D eigenvalue weighted by Crippen LogP contribution is -2.30. The minimum Gasteiger partial charge on any atom is -0.384 e. The molecule has 0 aliphatic carbocycles. The molecule has 1 aliphatic rings. The van der Waals surface area contributed by atoms with E-state index in [4.69, 9.17) is 10.6 Å². The van der Waals surface area contributed by atoms with Crippen molar-refractivity contribution >= 4 is 28.9 Å². The highest BCUT2D eigenvalue weighted by Gasteiger charge is 2.13. The summed E-state index contributed by atoms with van der Waals surface area (Å²) >= 11 is 1.61. The van der Waals surface area contributed by atoms with E-state index in [1.54, 1.807) is 29.5 Å². The summed E-state index contributed by atoms with van der Waals surface area (Å²) < 4.78 is 0. The third-order valence-electron chi connectivity index (χ3n) is 4.50. The Morgan fingerprint density at radius 3 is 2.81 bits per heavy atom. The second-order valence-electron chi connectivity index (χ2n) is 6.58. The van der Waals surface area contributed by atoms with E-state index in [0.29, 0.717) is 12.1 Å². The fourth-order valence-corrected chi connectivity index (χ4v) is 3.57. The van der Waals surface area contributed by atoms with Gasteiger partial charge in [-0.05, 0) is 53.8 Å². The maximum Gasteiger partial charge on any atom is 0.263 e. The van der Waals surface area contributed by atoms with E-state index < -0.39 is 0 Å². The van der Waals surface area contributed by atoms with Gasteiger partial charge in [-0.1, -0.05) is 5.16 Å². The van der Waals surface area contributed by atoms with E-state index in [-0.39, 0.29) is 18.3 Å². The number of rotatable bonds is 7. The Kier molecular flexibility index (Phi) is 6.64. The second kappa shape index (κ2) is 9.36. The fourth-order valence-electron chi connectivity index (χ4n) is 2.91. The van der Waals surface area contributed by atoms with E-state index in [9.17, 15) is 4.79 Å². The third kappa shape index (κ3) is 5.43. The number of nitrogens with zero attached hydrogens (tertiary/aromatic N) is 4. The van der Waals surface area contributed by atoms with Crippen molar-refractivity contribution in [2.75, 3.05) is 31.6 Å². The molecular formula is C19H25N5O2S. The molecule has 7 nitrogen and oxygen atoms in total. The molecule has 0 radical (unpaired) electrons. The van der Waals surface area contributed by atoms with E-state index >= 15 is 0 Å². The number of hydrogen-bond donors (Lipinski definition) is 1. The molecule has 1 amide bonds. The van der Waals surface area contributed by atoms with Crippen LogP contribution in [0.15, 0.2) is 40.3 Å². The molecule has 1 aliphatic heterocycles. The number of anilines is 1. The normalized spacial score (nSPS) is 14.9. The molecule has 1 saturated heterocycles. The van der Waals surface area contributed by atoms with Gasteiger partial charge < -0.3 is 20.4 Å². The largest absolute Gasteiger partial charge is 0.384 e. The molecule has 0 aromatic carbocycles. The minimum absolute atomic E-state index is 0.152. The summed E-state index contributed by atoms with van der Waals surface area (Å²) in [6.07, 6.45) is 5.38. The van der Waals surface area contributed by atoms with Gasteiger partial charge >= 0.3 is 0 Å². The van der Waals surface area contributed by atoms with Crippen molar-refractivity contribution in [3.63, 3.8) is 0 Å². The van der Waals surface area contributed by atoms with Crippen LogP contribution in [0.5, 0.6) is 0 Å². The lowest BCUT2D eigenvalue weighted by atomic mass is 10.1. The lowest BCUT2D eigenvalue weighted by molar-refractivity contribution is -0.135. The van der Waals surface area contributed by atoms with Gasteiger partial charge in [-0.25, -0.2) is 4.98 Å². The number of thiophene rings is 1. The van der Waals surface area contributed by atoms with Crippen LogP contribution in [-0.2, 0) is 16.2 Å². The SMILES string of the molecule is CN(Cc1ccsc1)C(=O)CON=C(N)c1ccc(N2CCCCC2)nc1. The van der Waals surface area contributed by atoms with Crippen LogP contribution >= 0.6 is 11.3 Å². The molecular weight excluding hydrogens is 362 g/mol. The van der Waals surface area contributed by atoms with Crippen LogP contribution in [0.3, 0.4) is 0 Å². The standard InChI is InChI=1S/C19H25N5O2S/c1-23(12-15-7-10-27-14-15)18(25)13-26-22-19(20)16-5-6-17(21-11-16)24-8-3-2-4-9-24/h5-7,10-11,14H,2-4,8-9,12-13H2,1H3,(H2,20,22). The minimum atomic E-state index is -0.156. The molecule has 144 valence electrons. The number of carbonyl (C=O) groups excluding carboxylic acids is 1. The summed E-state index contributed by atoms with van der Waals surface area (Å²) in [5.74, 6) is 1.01. The van der Waals surface area contributed by atoms with Crippen molar-refractivity contribution < 1.29 is 9.63 Å². The highest BCUT2D eigenvalue weighted by molar-refractivity contribution is 7.07. The van der Waals surface area contributed by atoms with Crippen LogP contribution in [0.25, 0.3) is 0 Å². The first kappa shape index (κ1) is 19.2. The number of oxime groups is 1. The van der Waals surface area contributed by atoms with Crippen LogP contribution in [0.1, 0.15) is 30.4 Å². The van der Waals surface area contributed by atoms with Crippen molar-refractivity contribution in [3.8, 4) is 0 Å². The van der Waals surface area contributed by atoms with Crippen molar-refractivity contribution in [2.24, 2.45) is 10.9 Å². The van der Waals surface area contributed by atoms with Crippen molar-refractivity contribution in [1.29, 1.82) is 0 Å². The molecule has 0 spiro atoms. The van der Waals surface area contributed by atoms with Crippen LogP contribution < -0.4 is 10.6 Å². The fraction of sp³-hybridized carbons (Fsp3) is 0.421. The Labute approximate surface area is 163 Å². The zero-order chi connectivity index (χ0) is 19.1. The van der Waals surface area contributed by atoms with Crippen molar-refractivity contribution in [3.05, 3.63) is 46.3 Å². The van der Waals surface area contributed by atoms with Crippen LogP contribution in [0.4, 0.5) is 5.82 Å². The Balaban J connectivity index is 1.48. The summed E-state index contributed by atoms with van der Waals surface area (Å²) in [5, 5.41) is 7.85. The first-order valence-corrected chi connectivity index (χ1v) is 9.99. The number of piperidine rings is 1. The smallest absolute Gasteiger partial charge is 0.263 e. The molecule has 0 unspecified atom stereocenters. The molecule has 0 atom stereocenters. The molecule has 0 saturated carbocycles.